The zero-order chi connectivity index (χ0) is 13.9. The molecule has 20 heavy (non-hydrogen) atoms. The third-order valence-corrected chi connectivity index (χ3v) is 3.88. The van der Waals surface area contributed by atoms with E-state index in [1.54, 1.807) is 0 Å². The van der Waals surface area contributed by atoms with Gasteiger partial charge >= 0.3 is 0 Å². The van der Waals surface area contributed by atoms with Crippen LogP contribution >= 0.6 is 0 Å². The first-order valence-electron chi connectivity index (χ1n) is 7.35. The van der Waals surface area contributed by atoms with Gasteiger partial charge in [-0.3, -0.25) is 0 Å². The van der Waals surface area contributed by atoms with Crippen LogP contribution in [0.25, 0.3) is 0 Å². The second kappa shape index (κ2) is 5.58. The van der Waals surface area contributed by atoms with Gasteiger partial charge in [0.25, 0.3) is 0 Å². The van der Waals surface area contributed by atoms with E-state index >= 15 is 0 Å². The van der Waals surface area contributed by atoms with Crippen LogP contribution in [0.4, 0.5) is 5.69 Å². The second-order valence-corrected chi connectivity index (χ2v) is 5.44. The summed E-state index contributed by atoms with van der Waals surface area (Å²) in [7, 11) is 0. The monoisotopic (exact) mass is 267 g/mol. The molecule has 0 amide bonds. The minimum absolute atomic E-state index is 0.350. The van der Waals surface area contributed by atoms with Gasteiger partial charge in [-0.2, -0.15) is 0 Å². The molecule has 1 N–H and O–H groups in total. The number of hydrogen-bond donors (Lipinski definition) is 1. The smallest absolute Gasteiger partial charge is 0.122 e. The molecule has 0 aliphatic carbocycles. The Kier molecular flexibility index (Phi) is 3.64. The van der Waals surface area contributed by atoms with Gasteiger partial charge in [0.2, 0.25) is 0 Å². The maximum absolute atomic E-state index is 5.58. The predicted molar refractivity (Wildman–Crippen MR) is 83.5 cm³/mol. The van der Waals surface area contributed by atoms with E-state index in [4.69, 9.17) is 4.74 Å². The van der Waals surface area contributed by atoms with E-state index in [2.05, 4.69) is 61.6 Å². The molecular weight excluding hydrogens is 246 g/mol. The highest BCUT2D eigenvalue weighted by Crippen LogP contribution is 2.30. The number of fused-ring (bicyclic) bond motifs is 1. The van der Waals surface area contributed by atoms with E-state index in [1.165, 1.54) is 22.4 Å². The van der Waals surface area contributed by atoms with E-state index in [9.17, 15) is 0 Å². The first-order valence-corrected chi connectivity index (χ1v) is 7.35. The normalized spacial score (nSPS) is 14.5. The van der Waals surface area contributed by atoms with Crippen molar-refractivity contribution in [3.8, 4) is 5.75 Å². The van der Waals surface area contributed by atoms with Crippen molar-refractivity contribution in [3.63, 3.8) is 0 Å². The number of aryl methyl sites for hydroxylation is 1. The Morgan fingerprint density at radius 2 is 2.10 bits per heavy atom. The summed E-state index contributed by atoms with van der Waals surface area (Å²) in [6.07, 6.45) is 2.09. The van der Waals surface area contributed by atoms with E-state index in [0.29, 0.717) is 6.04 Å². The van der Waals surface area contributed by atoms with E-state index in [0.717, 1.165) is 25.2 Å². The molecule has 0 bridgehead atoms. The lowest BCUT2D eigenvalue weighted by atomic mass is 10.0. The van der Waals surface area contributed by atoms with Crippen molar-refractivity contribution in [1.29, 1.82) is 0 Å². The third kappa shape index (κ3) is 2.64. The summed E-state index contributed by atoms with van der Waals surface area (Å²) in [4.78, 5) is 0. The van der Waals surface area contributed by atoms with Gasteiger partial charge in [0.05, 0.1) is 12.6 Å². The molecular formula is C18H21NO. The van der Waals surface area contributed by atoms with Crippen molar-refractivity contribution in [2.75, 3.05) is 11.9 Å². The van der Waals surface area contributed by atoms with Crippen LogP contribution in [0.15, 0.2) is 42.5 Å². The van der Waals surface area contributed by atoms with Crippen LogP contribution in [-0.4, -0.2) is 6.61 Å². The number of anilines is 1. The quantitative estimate of drug-likeness (QED) is 0.881. The highest BCUT2D eigenvalue weighted by molar-refractivity contribution is 5.49. The Morgan fingerprint density at radius 1 is 1.20 bits per heavy atom. The fourth-order valence-corrected chi connectivity index (χ4v) is 2.78. The van der Waals surface area contributed by atoms with Gasteiger partial charge < -0.3 is 10.1 Å². The fourth-order valence-electron chi connectivity index (χ4n) is 2.78. The molecule has 2 nitrogen and oxygen atoms in total. The molecule has 3 rings (SSSR count). The van der Waals surface area contributed by atoms with Crippen molar-refractivity contribution < 1.29 is 4.74 Å². The third-order valence-electron chi connectivity index (χ3n) is 3.88. The molecule has 0 saturated carbocycles. The highest BCUT2D eigenvalue weighted by atomic mass is 16.5. The minimum Gasteiger partial charge on any atom is -0.493 e. The van der Waals surface area contributed by atoms with Gasteiger partial charge in [0, 0.05) is 12.1 Å². The maximum atomic E-state index is 5.58. The summed E-state index contributed by atoms with van der Waals surface area (Å²) < 4.78 is 5.58. The number of hydrogen-bond acceptors (Lipinski definition) is 2. The number of nitrogens with one attached hydrogen (secondary N) is 1. The Hall–Kier alpha value is -1.96. The van der Waals surface area contributed by atoms with Crippen LogP contribution in [-0.2, 0) is 6.42 Å². The van der Waals surface area contributed by atoms with Gasteiger partial charge in [-0.05, 0) is 54.3 Å². The SMILES string of the molecule is CCC(Nc1cccc(C)c1)c1ccc2c(c1)CCO2. The van der Waals surface area contributed by atoms with Gasteiger partial charge in [-0.1, -0.05) is 25.1 Å². The second-order valence-electron chi connectivity index (χ2n) is 5.44. The Morgan fingerprint density at radius 3 is 2.90 bits per heavy atom. The average molecular weight is 267 g/mol. The number of rotatable bonds is 4. The van der Waals surface area contributed by atoms with Gasteiger partial charge in [-0.25, -0.2) is 0 Å². The van der Waals surface area contributed by atoms with Crippen molar-refractivity contribution in [3.05, 3.63) is 59.2 Å². The van der Waals surface area contributed by atoms with Crippen LogP contribution in [0.5, 0.6) is 5.75 Å². The van der Waals surface area contributed by atoms with Crippen LogP contribution in [0.2, 0.25) is 0 Å². The van der Waals surface area contributed by atoms with Crippen molar-refractivity contribution in [2.24, 2.45) is 0 Å². The van der Waals surface area contributed by atoms with E-state index in [1.807, 2.05) is 0 Å². The molecule has 0 fully saturated rings. The fraction of sp³-hybridized carbons (Fsp3) is 0.333. The molecule has 2 aromatic carbocycles. The first kappa shape index (κ1) is 13.0. The standard InChI is InChI=1S/C18H21NO/c1-3-17(19-16-6-4-5-13(2)11-16)14-7-8-18-15(12-14)9-10-20-18/h4-8,11-12,17,19H,3,9-10H2,1-2H3. The topological polar surface area (TPSA) is 21.3 Å². The molecule has 1 atom stereocenters. The zero-order valence-corrected chi connectivity index (χ0v) is 12.1. The Bertz CT molecular complexity index is 606. The lowest BCUT2D eigenvalue weighted by molar-refractivity contribution is 0.357. The largest absolute Gasteiger partial charge is 0.493 e. The molecule has 0 spiro atoms. The van der Waals surface area contributed by atoms with Gasteiger partial charge in [0.15, 0.2) is 0 Å². The van der Waals surface area contributed by atoms with Gasteiger partial charge in [-0.15, -0.1) is 0 Å². The van der Waals surface area contributed by atoms with Crippen LogP contribution in [0.3, 0.4) is 0 Å². The van der Waals surface area contributed by atoms with Gasteiger partial charge in [0.1, 0.15) is 5.75 Å². The summed E-state index contributed by atoms with van der Waals surface area (Å²) in [5, 5.41) is 3.64. The Balaban J connectivity index is 1.83. The van der Waals surface area contributed by atoms with E-state index in [-0.39, 0.29) is 0 Å². The summed E-state index contributed by atoms with van der Waals surface area (Å²) in [5.41, 5.74) is 5.16. The first-order chi connectivity index (χ1) is 9.76. The number of ether oxygens (including phenoxy) is 1. The average Bonchev–Trinajstić information content (AvgIpc) is 2.92. The molecule has 0 aromatic heterocycles. The summed E-state index contributed by atoms with van der Waals surface area (Å²) >= 11 is 0. The number of benzene rings is 2. The lowest BCUT2D eigenvalue weighted by Gasteiger charge is -2.20. The Labute approximate surface area is 120 Å². The molecule has 0 radical (unpaired) electrons. The van der Waals surface area contributed by atoms with Crippen LogP contribution in [0, 0.1) is 6.92 Å². The minimum atomic E-state index is 0.350. The molecule has 2 heteroatoms. The summed E-state index contributed by atoms with van der Waals surface area (Å²) in [5.74, 6) is 1.05. The highest BCUT2D eigenvalue weighted by Gasteiger charge is 2.16. The predicted octanol–water partition coefficient (Wildman–Crippen LogP) is 4.49. The molecule has 1 aliphatic heterocycles. The molecule has 2 aromatic rings. The van der Waals surface area contributed by atoms with Crippen molar-refractivity contribution >= 4 is 5.69 Å². The van der Waals surface area contributed by atoms with Crippen molar-refractivity contribution in [1.82, 2.24) is 0 Å². The summed E-state index contributed by atoms with van der Waals surface area (Å²) in [6.45, 7) is 5.16. The zero-order valence-electron chi connectivity index (χ0n) is 12.1. The molecule has 1 unspecified atom stereocenters. The van der Waals surface area contributed by atoms with E-state index < -0.39 is 0 Å². The van der Waals surface area contributed by atoms with Crippen LogP contribution in [0.1, 0.15) is 36.1 Å². The summed E-state index contributed by atoms with van der Waals surface area (Å²) in [6, 6.07) is 15.5. The lowest BCUT2D eigenvalue weighted by Crippen LogP contribution is -2.10. The molecule has 0 saturated heterocycles. The molecule has 1 heterocycles. The van der Waals surface area contributed by atoms with Crippen LogP contribution < -0.4 is 10.1 Å². The van der Waals surface area contributed by atoms with Crippen molar-refractivity contribution in [2.45, 2.75) is 32.7 Å². The molecule has 1 aliphatic rings. The maximum Gasteiger partial charge on any atom is 0.122 e. The molecule has 104 valence electrons.